The zero-order valence-electron chi connectivity index (χ0n) is 20.1. The Balaban J connectivity index is 1.15. The first-order valence-electron chi connectivity index (χ1n) is 12.9. The SMILES string of the molecule is Nc1ccc(CNC(=O)C23CCCC(C(O)CC4c5ccccc5-c5cncn54)(CC2)CC3)cc1. The molecule has 3 aromatic rings. The van der Waals surface area contributed by atoms with E-state index >= 15 is 0 Å². The molecule has 4 aliphatic rings. The predicted octanol–water partition coefficient (Wildman–Crippen LogP) is 4.83. The van der Waals surface area contributed by atoms with Crippen molar-refractivity contribution in [3.05, 3.63) is 72.2 Å². The molecule has 1 aliphatic heterocycles. The summed E-state index contributed by atoms with van der Waals surface area (Å²) in [5, 5.41) is 14.9. The zero-order valence-corrected chi connectivity index (χ0v) is 20.1. The van der Waals surface area contributed by atoms with Crippen LogP contribution in [0.15, 0.2) is 61.1 Å². The van der Waals surface area contributed by atoms with Gasteiger partial charge in [0.15, 0.2) is 0 Å². The molecule has 3 fully saturated rings. The van der Waals surface area contributed by atoms with Crippen molar-refractivity contribution >= 4 is 11.6 Å². The summed E-state index contributed by atoms with van der Waals surface area (Å²) in [5.74, 6) is 0.173. The van der Waals surface area contributed by atoms with Gasteiger partial charge in [0.2, 0.25) is 5.91 Å². The van der Waals surface area contributed by atoms with E-state index in [2.05, 4.69) is 39.1 Å². The Labute approximate surface area is 206 Å². The Bertz CT molecular complexity index is 1220. The van der Waals surface area contributed by atoms with Gasteiger partial charge in [-0.2, -0.15) is 0 Å². The minimum absolute atomic E-state index is 0.102. The first-order chi connectivity index (χ1) is 17.0. The maximum absolute atomic E-state index is 13.4. The van der Waals surface area contributed by atoms with Crippen LogP contribution in [0.3, 0.4) is 0 Å². The number of amides is 1. The molecular formula is C29H34N4O2. The average molecular weight is 471 g/mol. The maximum Gasteiger partial charge on any atom is 0.226 e. The minimum Gasteiger partial charge on any atom is -0.399 e. The molecule has 2 atom stereocenters. The van der Waals surface area contributed by atoms with Gasteiger partial charge in [-0.15, -0.1) is 0 Å². The molecule has 3 aliphatic carbocycles. The summed E-state index contributed by atoms with van der Waals surface area (Å²) in [7, 11) is 0. The Morgan fingerprint density at radius 1 is 1.09 bits per heavy atom. The third-order valence-electron chi connectivity index (χ3n) is 9.20. The van der Waals surface area contributed by atoms with Crippen molar-refractivity contribution in [1.29, 1.82) is 0 Å². The molecule has 0 spiro atoms. The van der Waals surface area contributed by atoms with Gasteiger partial charge in [-0.05, 0) is 73.6 Å². The fourth-order valence-electron chi connectivity index (χ4n) is 6.99. The molecule has 2 unspecified atom stereocenters. The van der Waals surface area contributed by atoms with E-state index in [0.717, 1.165) is 61.9 Å². The van der Waals surface area contributed by atoms with E-state index in [1.54, 1.807) is 0 Å². The molecule has 1 aromatic heterocycles. The number of carbonyl (C=O) groups is 1. The quantitative estimate of drug-likeness (QED) is 0.450. The number of nitrogen functional groups attached to an aromatic ring is 1. The number of fused-ring (bicyclic) bond motifs is 7. The van der Waals surface area contributed by atoms with Crippen molar-refractivity contribution in [2.75, 3.05) is 5.73 Å². The lowest BCUT2D eigenvalue weighted by Gasteiger charge is -2.45. The van der Waals surface area contributed by atoms with Crippen LogP contribution in [0.25, 0.3) is 11.3 Å². The Morgan fingerprint density at radius 3 is 2.66 bits per heavy atom. The van der Waals surface area contributed by atoms with Crippen molar-refractivity contribution in [3.63, 3.8) is 0 Å². The highest BCUT2D eigenvalue weighted by molar-refractivity contribution is 5.82. The molecule has 182 valence electrons. The Kier molecular flexibility index (Phi) is 5.44. The van der Waals surface area contributed by atoms with Crippen LogP contribution >= 0.6 is 0 Å². The fraction of sp³-hybridized carbons (Fsp3) is 0.448. The summed E-state index contributed by atoms with van der Waals surface area (Å²) in [6.45, 7) is 0.531. The number of benzene rings is 2. The molecule has 3 saturated carbocycles. The highest BCUT2D eigenvalue weighted by Gasteiger charge is 2.52. The van der Waals surface area contributed by atoms with E-state index in [9.17, 15) is 9.90 Å². The number of aliphatic hydroxyl groups is 1. The molecule has 2 bridgehead atoms. The van der Waals surface area contributed by atoms with Crippen molar-refractivity contribution in [1.82, 2.24) is 14.9 Å². The van der Waals surface area contributed by atoms with Crippen molar-refractivity contribution in [2.24, 2.45) is 10.8 Å². The standard InChI is InChI=1S/C29H34N4O2/c30-21-8-6-20(7-9-21)17-32-27(35)29-11-3-10-28(12-14-29,13-15-29)26(34)16-24-22-4-1-2-5-23(22)25-18-31-19-33(24)25/h1-2,4-9,18-19,24,26,34H,3,10-17,30H2,(H,32,35). The number of nitrogens with one attached hydrogen (secondary N) is 1. The van der Waals surface area contributed by atoms with Crippen LogP contribution in [-0.2, 0) is 11.3 Å². The number of nitrogens with two attached hydrogens (primary N) is 1. The first kappa shape index (κ1) is 22.4. The van der Waals surface area contributed by atoms with E-state index in [-0.39, 0.29) is 22.8 Å². The number of hydrogen-bond acceptors (Lipinski definition) is 4. The highest BCUT2D eigenvalue weighted by Crippen LogP contribution is 2.57. The molecule has 0 saturated heterocycles. The summed E-state index contributed by atoms with van der Waals surface area (Å²) in [6.07, 6.45) is 10.5. The summed E-state index contributed by atoms with van der Waals surface area (Å²) >= 11 is 0. The number of anilines is 1. The van der Waals surface area contributed by atoms with Gasteiger partial charge in [0.25, 0.3) is 0 Å². The topological polar surface area (TPSA) is 93.2 Å². The molecule has 2 heterocycles. The van der Waals surface area contributed by atoms with Crippen LogP contribution in [-0.4, -0.2) is 26.7 Å². The zero-order chi connectivity index (χ0) is 24.0. The summed E-state index contributed by atoms with van der Waals surface area (Å²) in [6, 6.07) is 16.3. The molecular weight excluding hydrogens is 436 g/mol. The van der Waals surface area contributed by atoms with Gasteiger partial charge >= 0.3 is 0 Å². The predicted molar refractivity (Wildman–Crippen MR) is 136 cm³/mol. The number of hydrogen-bond donors (Lipinski definition) is 3. The molecule has 0 radical (unpaired) electrons. The maximum atomic E-state index is 13.4. The average Bonchev–Trinajstić information content (AvgIpc) is 3.34. The molecule has 1 amide bonds. The highest BCUT2D eigenvalue weighted by atomic mass is 16.3. The van der Waals surface area contributed by atoms with Crippen LogP contribution < -0.4 is 11.1 Å². The second-order valence-corrected chi connectivity index (χ2v) is 11.0. The van der Waals surface area contributed by atoms with Crippen molar-refractivity contribution in [3.8, 4) is 11.3 Å². The second-order valence-electron chi connectivity index (χ2n) is 11.0. The molecule has 6 nitrogen and oxygen atoms in total. The first-order valence-corrected chi connectivity index (χ1v) is 12.9. The number of aliphatic hydroxyl groups excluding tert-OH is 1. The van der Waals surface area contributed by atoms with Gasteiger partial charge in [0.05, 0.1) is 30.4 Å². The van der Waals surface area contributed by atoms with Gasteiger partial charge in [-0.3, -0.25) is 4.79 Å². The molecule has 7 rings (SSSR count). The van der Waals surface area contributed by atoms with Gasteiger partial charge in [-0.1, -0.05) is 42.8 Å². The number of rotatable bonds is 6. The minimum atomic E-state index is -0.400. The number of carbonyl (C=O) groups excluding carboxylic acids is 1. The number of aromatic nitrogens is 2. The molecule has 6 heteroatoms. The smallest absolute Gasteiger partial charge is 0.226 e. The third-order valence-corrected chi connectivity index (χ3v) is 9.20. The molecule has 2 aromatic carbocycles. The van der Waals surface area contributed by atoms with E-state index in [1.165, 1.54) is 11.1 Å². The molecule has 35 heavy (non-hydrogen) atoms. The monoisotopic (exact) mass is 470 g/mol. The Hall–Kier alpha value is -3.12. The number of imidazole rings is 1. The van der Waals surface area contributed by atoms with Gasteiger partial charge in [0, 0.05) is 23.2 Å². The largest absolute Gasteiger partial charge is 0.399 e. The van der Waals surface area contributed by atoms with Crippen LogP contribution in [0.2, 0.25) is 0 Å². The van der Waals surface area contributed by atoms with Gasteiger partial charge < -0.3 is 20.7 Å². The van der Waals surface area contributed by atoms with E-state index in [1.807, 2.05) is 36.8 Å². The number of nitrogens with zero attached hydrogens (tertiary/aromatic N) is 2. The van der Waals surface area contributed by atoms with Gasteiger partial charge in [0.1, 0.15) is 0 Å². The van der Waals surface area contributed by atoms with Crippen LogP contribution in [0.5, 0.6) is 0 Å². The second kappa shape index (κ2) is 8.52. The fourth-order valence-corrected chi connectivity index (χ4v) is 6.99. The third kappa shape index (κ3) is 3.75. The summed E-state index contributed by atoms with van der Waals surface area (Å²) in [4.78, 5) is 17.7. The van der Waals surface area contributed by atoms with Crippen LogP contribution in [0, 0.1) is 10.8 Å². The van der Waals surface area contributed by atoms with Crippen molar-refractivity contribution < 1.29 is 9.90 Å². The van der Waals surface area contributed by atoms with Crippen LogP contribution in [0.1, 0.15) is 68.5 Å². The van der Waals surface area contributed by atoms with Gasteiger partial charge in [-0.25, -0.2) is 4.98 Å². The van der Waals surface area contributed by atoms with E-state index in [4.69, 9.17) is 5.73 Å². The normalized spacial score (nSPS) is 27.6. The lowest BCUT2D eigenvalue weighted by molar-refractivity contribution is -0.135. The lowest BCUT2D eigenvalue weighted by Crippen LogP contribution is -2.46. The van der Waals surface area contributed by atoms with E-state index < -0.39 is 6.10 Å². The van der Waals surface area contributed by atoms with Crippen LogP contribution in [0.4, 0.5) is 5.69 Å². The lowest BCUT2D eigenvalue weighted by atomic mass is 9.62. The summed E-state index contributed by atoms with van der Waals surface area (Å²) < 4.78 is 2.22. The van der Waals surface area contributed by atoms with Crippen molar-refractivity contribution in [2.45, 2.75) is 70.1 Å². The summed E-state index contributed by atoms with van der Waals surface area (Å²) in [5.41, 5.74) is 10.8. The van der Waals surface area contributed by atoms with E-state index in [0.29, 0.717) is 13.0 Å². The Morgan fingerprint density at radius 2 is 1.86 bits per heavy atom. The molecule has 4 N–H and O–H groups in total.